The van der Waals surface area contributed by atoms with Gasteiger partial charge in [0.25, 0.3) is 0 Å². The molecule has 5 heteroatoms. The normalized spacial score (nSPS) is 44.0. The van der Waals surface area contributed by atoms with Crippen molar-refractivity contribution < 1.29 is 19.1 Å². The molecule has 4 heterocycles. The van der Waals surface area contributed by atoms with Gasteiger partial charge >= 0.3 is 0 Å². The minimum absolute atomic E-state index is 0.0379. The summed E-state index contributed by atoms with van der Waals surface area (Å²) in [4.78, 5) is 26.5. The number of carbonyl (C=O) groups excluding carboxylic acids is 2. The van der Waals surface area contributed by atoms with Crippen LogP contribution in [0.25, 0.3) is 0 Å². The van der Waals surface area contributed by atoms with Crippen molar-refractivity contribution in [1.29, 1.82) is 0 Å². The number of benzene rings is 1. The maximum absolute atomic E-state index is 12.6. The first-order valence-corrected chi connectivity index (χ1v) is 6.92. The van der Waals surface area contributed by atoms with Gasteiger partial charge in [-0.05, 0) is 19.1 Å². The van der Waals surface area contributed by atoms with Crippen LogP contribution in [-0.2, 0) is 19.1 Å². The van der Waals surface area contributed by atoms with E-state index in [0.29, 0.717) is 5.69 Å². The highest BCUT2D eigenvalue weighted by atomic mass is 16.7. The summed E-state index contributed by atoms with van der Waals surface area (Å²) < 4.78 is 11.2. The first kappa shape index (κ1) is 11.0. The van der Waals surface area contributed by atoms with Crippen LogP contribution in [0, 0.1) is 18.8 Å². The molecule has 0 spiro atoms. The van der Waals surface area contributed by atoms with E-state index in [1.807, 2.05) is 31.2 Å². The summed E-state index contributed by atoms with van der Waals surface area (Å²) in [6, 6.07) is 7.48. The van der Waals surface area contributed by atoms with E-state index in [1.54, 1.807) is 0 Å². The molecular weight excluding hydrogens is 258 g/mol. The molecule has 6 atom stereocenters. The molecule has 0 aliphatic carbocycles. The fourth-order valence-corrected chi connectivity index (χ4v) is 3.93. The van der Waals surface area contributed by atoms with Crippen LogP contribution < -0.4 is 4.90 Å². The molecular formula is C15H13NO4. The summed E-state index contributed by atoms with van der Waals surface area (Å²) in [5, 5.41) is 0. The fraction of sp³-hybridized carbons (Fsp3) is 0.467. The maximum Gasteiger partial charge on any atom is 0.240 e. The Labute approximate surface area is 115 Å². The molecule has 0 N–H and O–H groups in total. The van der Waals surface area contributed by atoms with Crippen LogP contribution in [0.1, 0.15) is 5.56 Å². The van der Waals surface area contributed by atoms with E-state index in [4.69, 9.17) is 9.47 Å². The molecule has 20 heavy (non-hydrogen) atoms. The third-order valence-corrected chi connectivity index (χ3v) is 4.92. The lowest BCUT2D eigenvalue weighted by atomic mass is 9.81. The Balaban J connectivity index is 1.56. The summed E-state index contributed by atoms with van der Waals surface area (Å²) in [7, 11) is 0. The molecule has 4 aliphatic heterocycles. The van der Waals surface area contributed by atoms with Crippen LogP contribution in [0.15, 0.2) is 24.3 Å². The van der Waals surface area contributed by atoms with Crippen molar-refractivity contribution in [2.75, 3.05) is 4.90 Å². The van der Waals surface area contributed by atoms with Crippen LogP contribution in [0.4, 0.5) is 5.69 Å². The lowest BCUT2D eigenvalue weighted by Crippen LogP contribution is -2.35. The molecule has 1 aromatic rings. The molecule has 5 nitrogen and oxygen atoms in total. The van der Waals surface area contributed by atoms with E-state index in [2.05, 4.69) is 0 Å². The molecule has 2 amide bonds. The standard InChI is InChI=1S/C15H13NO4/c1-6-2-4-7(5-3-6)16-14(17)8-9(15(16)18)11-13-12(20-13)10(8)19-11/h2-5,8-13H,1H3. The average molecular weight is 271 g/mol. The zero-order chi connectivity index (χ0) is 13.6. The highest BCUT2D eigenvalue weighted by Crippen LogP contribution is 2.57. The van der Waals surface area contributed by atoms with Crippen LogP contribution in [0.3, 0.4) is 0 Å². The van der Waals surface area contributed by atoms with Gasteiger partial charge in [0.05, 0.1) is 29.7 Å². The lowest BCUT2D eigenvalue weighted by molar-refractivity contribution is -0.126. The third kappa shape index (κ3) is 1.12. The summed E-state index contributed by atoms with van der Waals surface area (Å²) in [5.41, 5.74) is 1.76. The summed E-state index contributed by atoms with van der Waals surface area (Å²) in [6.45, 7) is 1.98. The van der Waals surface area contributed by atoms with Gasteiger partial charge in [-0.3, -0.25) is 9.59 Å². The van der Waals surface area contributed by atoms with E-state index in [0.717, 1.165) is 5.56 Å². The van der Waals surface area contributed by atoms with Gasteiger partial charge in [-0.1, -0.05) is 17.7 Å². The van der Waals surface area contributed by atoms with Gasteiger partial charge in [0.1, 0.15) is 12.2 Å². The molecule has 1 aromatic carbocycles. The Morgan fingerprint density at radius 1 is 0.850 bits per heavy atom. The molecule has 5 rings (SSSR count). The Morgan fingerprint density at radius 2 is 1.35 bits per heavy atom. The molecule has 0 aromatic heterocycles. The first-order valence-electron chi connectivity index (χ1n) is 6.92. The number of hydrogen-bond acceptors (Lipinski definition) is 4. The second kappa shape index (κ2) is 3.30. The van der Waals surface area contributed by atoms with Crippen molar-refractivity contribution in [1.82, 2.24) is 0 Å². The quantitative estimate of drug-likeness (QED) is 0.556. The largest absolute Gasteiger partial charge is 0.368 e. The molecule has 102 valence electrons. The Hall–Kier alpha value is -1.72. The first-order chi connectivity index (χ1) is 9.66. The monoisotopic (exact) mass is 271 g/mol. The average Bonchev–Trinajstić information content (AvgIpc) is 2.96. The number of anilines is 1. The van der Waals surface area contributed by atoms with E-state index in [1.165, 1.54) is 4.90 Å². The smallest absolute Gasteiger partial charge is 0.240 e. The van der Waals surface area contributed by atoms with Crippen molar-refractivity contribution in [3.05, 3.63) is 29.8 Å². The Kier molecular flexibility index (Phi) is 1.81. The lowest BCUT2D eigenvalue weighted by Gasteiger charge is -2.18. The second-order valence-corrected chi connectivity index (χ2v) is 6.03. The van der Waals surface area contributed by atoms with Crippen molar-refractivity contribution in [3.8, 4) is 0 Å². The SMILES string of the molecule is Cc1ccc(N2C(=O)C3C4OC(C5OC54)C3C2=O)cc1. The molecule has 2 bridgehead atoms. The summed E-state index contributed by atoms with van der Waals surface area (Å²) >= 11 is 0. The number of hydrogen-bond donors (Lipinski definition) is 0. The van der Waals surface area contributed by atoms with Gasteiger partial charge in [-0.2, -0.15) is 0 Å². The molecule has 0 radical (unpaired) electrons. The van der Waals surface area contributed by atoms with Crippen LogP contribution in [0.5, 0.6) is 0 Å². The minimum atomic E-state index is -0.349. The van der Waals surface area contributed by atoms with E-state index in [9.17, 15) is 9.59 Å². The number of carbonyl (C=O) groups is 2. The van der Waals surface area contributed by atoms with Gasteiger partial charge in [-0.25, -0.2) is 4.90 Å². The Bertz CT molecular complexity index is 608. The van der Waals surface area contributed by atoms with Gasteiger partial charge in [0, 0.05) is 0 Å². The van der Waals surface area contributed by atoms with Gasteiger partial charge in [-0.15, -0.1) is 0 Å². The number of imide groups is 1. The highest BCUT2D eigenvalue weighted by molar-refractivity contribution is 6.23. The molecule has 4 saturated heterocycles. The maximum atomic E-state index is 12.6. The van der Waals surface area contributed by atoms with Gasteiger partial charge in [0.15, 0.2) is 0 Å². The summed E-state index contributed by atoms with van der Waals surface area (Å²) in [5.74, 6) is -0.967. The zero-order valence-corrected chi connectivity index (χ0v) is 10.9. The van der Waals surface area contributed by atoms with Gasteiger partial charge in [0.2, 0.25) is 11.8 Å². The van der Waals surface area contributed by atoms with Crippen molar-refractivity contribution >= 4 is 17.5 Å². The van der Waals surface area contributed by atoms with Crippen molar-refractivity contribution in [2.45, 2.75) is 31.3 Å². The number of ether oxygens (including phenoxy) is 2. The third-order valence-electron chi connectivity index (χ3n) is 4.92. The van der Waals surface area contributed by atoms with Crippen LogP contribution in [-0.4, -0.2) is 36.2 Å². The zero-order valence-electron chi connectivity index (χ0n) is 10.9. The van der Waals surface area contributed by atoms with E-state index >= 15 is 0 Å². The molecule has 6 unspecified atom stereocenters. The van der Waals surface area contributed by atoms with Crippen molar-refractivity contribution in [3.63, 3.8) is 0 Å². The van der Waals surface area contributed by atoms with Gasteiger partial charge < -0.3 is 9.47 Å². The number of aryl methyl sites for hydroxylation is 1. The molecule has 4 aliphatic rings. The Morgan fingerprint density at radius 3 is 1.90 bits per heavy atom. The number of rotatable bonds is 1. The second-order valence-electron chi connectivity index (χ2n) is 6.03. The topological polar surface area (TPSA) is 59.1 Å². The summed E-state index contributed by atoms with van der Waals surface area (Å²) in [6.07, 6.45) is -0.365. The van der Waals surface area contributed by atoms with Crippen LogP contribution in [0.2, 0.25) is 0 Å². The number of fused-ring (bicyclic) bond motifs is 8. The van der Waals surface area contributed by atoms with Crippen molar-refractivity contribution in [2.24, 2.45) is 11.8 Å². The fourth-order valence-electron chi connectivity index (χ4n) is 3.93. The number of epoxide rings is 1. The predicted octanol–water partition coefficient (Wildman–Crippen LogP) is 0.649. The number of amides is 2. The predicted molar refractivity (Wildman–Crippen MR) is 68.0 cm³/mol. The molecule has 0 saturated carbocycles. The van der Waals surface area contributed by atoms with E-state index < -0.39 is 0 Å². The van der Waals surface area contributed by atoms with Crippen LogP contribution >= 0.6 is 0 Å². The minimum Gasteiger partial charge on any atom is -0.368 e. The van der Waals surface area contributed by atoms with E-state index in [-0.39, 0.29) is 48.1 Å². The molecule has 4 fully saturated rings. The number of nitrogens with zero attached hydrogens (tertiary/aromatic N) is 1. The highest BCUT2D eigenvalue weighted by Gasteiger charge is 2.75.